The Morgan fingerprint density at radius 1 is 1.12 bits per heavy atom. The molecule has 1 saturated heterocycles. The molecule has 1 heterocycles. The largest absolute Gasteiger partial charge is 0.497 e. The van der Waals surface area contributed by atoms with Crippen molar-refractivity contribution in [2.45, 2.75) is 25.1 Å². The molecule has 126 valence electrons. The Bertz CT molecular complexity index is 695. The van der Waals surface area contributed by atoms with Gasteiger partial charge in [0.15, 0.2) is 0 Å². The fourth-order valence-electron chi connectivity index (χ4n) is 2.90. The van der Waals surface area contributed by atoms with Gasteiger partial charge in [-0.3, -0.25) is 4.79 Å². The quantitative estimate of drug-likeness (QED) is 0.807. The predicted molar refractivity (Wildman–Crippen MR) is 99.8 cm³/mol. The van der Waals surface area contributed by atoms with Crippen LogP contribution in [0.15, 0.2) is 48.5 Å². The van der Waals surface area contributed by atoms with E-state index in [1.54, 1.807) is 7.11 Å². The maximum Gasteiger partial charge on any atom is 0.255 e. The lowest BCUT2D eigenvalue weighted by Gasteiger charge is -2.24. The molecule has 2 aromatic rings. The summed E-state index contributed by atoms with van der Waals surface area (Å²) in [6.07, 6.45) is 0. The minimum absolute atomic E-state index is 0.0839. The molecule has 0 spiro atoms. The number of carbonyl (C=O) groups excluding carboxylic acids is 1. The third-order valence-electron chi connectivity index (χ3n) is 4.38. The predicted octanol–water partition coefficient (Wildman–Crippen LogP) is 4.71. The molecule has 3 nitrogen and oxygen atoms in total. The maximum atomic E-state index is 12.9. The Kier molecular flexibility index (Phi) is 5.14. The van der Waals surface area contributed by atoms with Crippen molar-refractivity contribution in [3.8, 4) is 5.75 Å². The molecule has 0 bridgehead atoms. The first-order chi connectivity index (χ1) is 11.6. The Morgan fingerprint density at radius 3 is 2.38 bits per heavy atom. The summed E-state index contributed by atoms with van der Waals surface area (Å²) < 4.78 is 5.17. The number of ether oxygens (including phenoxy) is 1. The number of hydrogen-bond acceptors (Lipinski definition) is 3. The highest BCUT2D eigenvalue weighted by Crippen LogP contribution is 2.39. The molecule has 1 unspecified atom stereocenters. The number of amides is 1. The maximum absolute atomic E-state index is 12.9. The minimum atomic E-state index is 0.0839. The van der Waals surface area contributed by atoms with Crippen LogP contribution in [0, 0.1) is 0 Å². The summed E-state index contributed by atoms with van der Waals surface area (Å²) in [6.45, 7) is 5.17. The zero-order valence-electron chi connectivity index (χ0n) is 14.4. The number of nitrogens with zero attached hydrogens (tertiary/aromatic N) is 1. The number of rotatable bonds is 4. The molecule has 0 aromatic heterocycles. The summed E-state index contributed by atoms with van der Waals surface area (Å²) in [5, 5.41) is 0.0980. The van der Waals surface area contributed by atoms with Crippen LogP contribution in [-0.4, -0.2) is 30.2 Å². The van der Waals surface area contributed by atoms with Crippen molar-refractivity contribution >= 4 is 17.7 Å². The molecule has 1 amide bonds. The zero-order chi connectivity index (χ0) is 17.1. The topological polar surface area (TPSA) is 29.5 Å². The molecule has 1 aliphatic rings. The molecular formula is C20H23NO2S. The van der Waals surface area contributed by atoms with Crippen LogP contribution in [0.25, 0.3) is 0 Å². The van der Waals surface area contributed by atoms with Gasteiger partial charge in [-0.2, -0.15) is 0 Å². The van der Waals surface area contributed by atoms with Crippen LogP contribution in [0.2, 0.25) is 0 Å². The summed E-state index contributed by atoms with van der Waals surface area (Å²) in [5.74, 6) is 2.34. The van der Waals surface area contributed by atoms with Gasteiger partial charge in [-0.15, -0.1) is 11.8 Å². The van der Waals surface area contributed by atoms with Gasteiger partial charge in [0.25, 0.3) is 5.91 Å². The molecule has 0 radical (unpaired) electrons. The molecule has 1 atom stereocenters. The number of thioether (sulfide) groups is 1. The van der Waals surface area contributed by atoms with Crippen LogP contribution in [0.1, 0.15) is 46.6 Å². The fraction of sp³-hybridized carbons (Fsp3) is 0.350. The van der Waals surface area contributed by atoms with Crippen LogP contribution >= 0.6 is 11.8 Å². The molecule has 0 saturated carbocycles. The van der Waals surface area contributed by atoms with Crippen molar-refractivity contribution in [1.82, 2.24) is 4.90 Å². The first-order valence-corrected chi connectivity index (χ1v) is 9.31. The van der Waals surface area contributed by atoms with Gasteiger partial charge in [0.2, 0.25) is 0 Å². The number of hydrogen-bond donors (Lipinski definition) is 0. The van der Waals surface area contributed by atoms with Crippen molar-refractivity contribution in [3.63, 3.8) is 0 Å². The van der Waals surface area contributed by atoms with E-state index >= 15 is 0 Å². The summed E-state index contributed by atoms with van der Waals surface area (Å²) in [4.78, 5) is 14.8. The fourth-order valence-corrected chi connectivity index (χ4v) is 4.16. The van der Waals surface area contributed by atoms with Crippen LogP contribution in [-0.2, 0) is 0 Å². The van der Waals surface area contributed by atoms with E-state index in [9.17, 15) is 4.79 Å². The molecule has 1 fully saturated rings. The zero-order valence-corrected chi connectivity index (χ0v) is 15.2. The molecule has 0 aliphatic carbocycles. The van der Waals surface area contributed by atoms with Crippen molar-refractivity contribution in [3.05, 3.63) is 65.2 Å². The van der Waals surface area contributed by atoms with Crippen molar-refractivity contribution < 1.29 is 9.53 Å². The van der Waals surface area contributed by atoms with Crippen LogP contribution in [0.4, 0.5) is 0 Å². The SMILES string of the molecule is COc1ccc(C(=O)N2CCSC2c2ccc(C(C)C)cc2)cc1. The number of methoxy groups -OCH3 is 1. The average Bonchev–Trinajstić information content (AvgIpc) is 3.11. The second-order valence-electron chi connectivity index (χ2n) is 6.27. The highest BCUT2D eigenvalue weighted by atomic mass is 32.2. The van der Waals surface area contributed by atoms with Gasteiger partial charge in [-0.1, -0.05) is 38.1 Å². The van der Waals surface area contributed by atoms with E-state index in [0.717, 1.165) is 18.0 Å². The van der Waals surface area contributed by atoms with E-state index in [2.05, 4.69) is 38.1 Å². The lowest BCUT2D eigenvalue weighted by Crippen LogP contribution is -2.30. The molecule has 2 aromatic carbocycles. The van der Waals surface area contributed by atoms with E-state index in [1.165, 1.54) is 11.1 Å². The van der Waals surface area contributed by atoms with Crippen LogP contribution in [0.3, 0.4) is 0 Å². The summed E-state index contributed by atoms with van der Waals surface area (Å²) in [5.41, 5.74) is 3.24. The van der Waals surface area contributed by atoms with E-state index in [4.69, 9.17) is 4.74 Å². The highest BCUT2D eigenvalue weighted by molar-refractivity contribution is 7.99. The lowest BCUT2D eigenvalue weighted by atomic mass is 10.0. The first-order valence-electron chi connectivity index (χ1n) is 8.26. The Hall–Kier alpha value is -1.94. The Balaban J connectivity index is 1.80. The standard InChI is InChI=1S/C20H23NO2S/c1-14(2)15-4-6-17(7-5-15)20-21(12-13-24-20)19(22)16-8-10-18(23-3)11-9-16/h4-11,14,20H,12-13H2,1-3H3. The van der Waals surface area contributed by atoms with Gasteiger partial charge in [-0.05, 0) is 41.3 Å². The normalized spacial score (nSPS) is 17.3. The monoisotopic (exact) mass is 341 g/mol. The first kappa shape index (κ1) is 16.9. The lowest BCUT2D eigenvalue weighted by molar-refractivity contribution is 0.0760. The van der Waals surface area contributed by atoms with E-state index in [0.29, 0.717) is 11.5 Å². The highest BCUT2D eigenvalue weighted by Gasteiger charge is 2.31. The smallest absolute Gasteiger partial charge is 0.255 e. The molecular weight excluding hydrogens is 318 g/mol. The van der Waals surface area contributed by atoms with E-state index in [1.807, 2.05) is 40.9 Å². The van der Waals surface area contributed by atoms with Gasteiger partial charge in [-0.25, -0.2) is 0 Å². The number of carbonyl (C=O) groups is 1. The van der Waals surface area contributed by atoms with E-state index in [-0.39, 0.29) is 11.3 Å². The molecule has 3 rings (SSSR count). The Labute approximate surface area is 148 Å². The van der Waals surface area contributed by atoms with Gasteiger partial charge in [0.1, 0.15) is 11.1 Å². The summed E-state index contributed by atoms with van der Waals surface area (Å²) in [6, 6.07) is 16.0. The van der Waals surface area contributed by atoms with Crippen LogP contribution in [0.5, 0.6) is 5.75 Å². The van der Waals surface area contributed by atoms with Crippen molar-refractivity contribution in [1.29, 1.82) is 0 Å². The average molecular weight is 341 g/mol. The van der Waals surface area contributed by atoms with E-state index < -0.39 is 0 Å². The molecule has 24 heavy (non-hydrogen) atoms. The third-order valence-corrected chi connectivity index (χ3v) is 5.64. The Morgan fingerprint density at radius 2 is 1.79 bits per heavy atom. The second kappa shape index (κ2) is 7.31. The van der Waals surface area contributed by atoms with Crippen LogP contribution < -0.4 is 4.74 Å². The minimum Gasteiger partial charge on any atom is -0.497 e. The van der Waals surface area contributed by atoms with Crippen molar-refractivity contribution in [2.24, 2.45) is 0 Å². The summed E-state index contributed by atoms with van der Waals surface area (Å²) >= 11 is 1.83. The van der Waals surface area contributed by atoms with Gasteiger partial charge in [0, 0.05) is 17.9 Å². The molecule has 4 heteroatoms. The molecule has 0 N–H and O–H groups in total. The van der Waals surface area contributed by atoms with Gasteiger partial charge in [0.05, 0.1) is 7.11 Å². The third kappa shape index (κ3) is 3.44. The molecule has 1 aliphatic heterocycles. The van der Waals surface area contributed by atoms with Gasteiger partial charge >= 0.3 is 0 Å². The number of benzene rings is 2. The second-order valence-corrected chi connectivity index (χ2v) is 7.46. The van der Waals surface area contributed by atoms with Crippen molar-refractivity contribution in [2.75, 3.05) is 19.4 Å². The van der Waals surface area contributed by atoms with Gasteiger partial charge < -0.3 is 9.64 Å². The summed E-state index contributed by atoms with van der Waals surface area (Å²) in [7, 11) is 1.63.